The number of sulfone groups is 1. The van der Waals surface area contributed by atoms with E-state index in [1.54, 1.807) is 18.3 Å². The fourth-order valence-corrected chi connectivity index (χ4v) is 5.31. The van der Waals surface area contributed by atoms with E-state index in [4.69, 9.17) is 14.7 Å². The molecule has 0 spiro atoms. The molecule has 0 aliphatic carbocycles. The molecule has 2 N–H and O–H groups in total. The third kappa shape index (κ3) is 4.58. The van der Waals surface area contributed by atoms with E-state index < -0.39 is 20.5 Å². The lowest BCUT2D eigenvalue weighted by atomic mass is 9.98. The molecule has 3 rings (SSSR count). The van der Waals surface area contributed by atoms with Gasteiger partial charge in [-0.2, -0.15) is 0 Å². The quantitative estimate of drug-likeness (QED) is 0.381. The molecular formula is C20H24N2O6S. The van der Waals surface area contributed by atoms with Crippen molar-refractivity contribution in [2.75, 3.05) is 19.8 Å². The topological polar surface area (TPSA) is 115 Å². The maximum atomic E-state index is 13.2. The molecule has 0 saturated carbocycles. The highest BCUT2D eigenvalue weighted by atomic mass is 32.2. The standard InChI is InChI=1S/C20H24N2O6S/c23-19(22-24)20(9-13-27-14-10-20)29(25,26)18-7-5-17(6-8-18)28-12-2-4-16-3-1-11-21-15-16/h1,3,5-8,11,15,24H,2,4,9-10,12-14H2,(H,22,23). The number of aryl methyl sites for hydroxylation is 1. The Labute approximate surface area is 169 Å². The SMILES string of the molecule is O=C(NO)C1(S(=O)(=O)c2ccc(OCCCc3cccnc3)cc2)CCOCC1. The number of nitrogens with zero attached hydrogens (tertiary/aromatic N) is 1. The van der Waals surface area contributed by atoms with Gasteiger partial charge in [-0.1, -0.05) is 6.07 Å². The number of carbonyl (C=O) groups is 1. The second-order valence-electron chi connectivity index (χ2n) is 6.84. The molecule has 0 unspecified atom stereocenters. The maximum Gasteiger partial charge on any atom is 0.265 e. The Balaban J connectivity index is 1.65. The molecule has 156 valence electrons. The number of amides is 1. The first-order valence-electron chi connectivity index (χ1n) is 9.38. The smallest absolute Gasteiger partial charge is 0.265 e. The summed E-state index contributed by atoms with van der Waals surface area (Å²) in [4.78, 5) is 16.3. The molecular weight excluding hydrogens is 396 g/mol. The first kappa shape index (κ1) is 21.2. The van der Waals surface area contributed by atoms with Crippen LogP contribution in [0, 0.1) is 0 Å². The van der Waals surface area contributed by atoms with Gasteiger partial charge in [0.15, 0.2) is 14.6 Å². The Hall–Kier alpha value is -2.49. The zero-order valence-electron chi connectivity index (χ0n) is 15.9. The van der Waals surface area contributed by atoms with Crippen LogP contribution in [-0.4, -0.2) is 49.1 Å². The second kappa shape index (κ2) is 9.34. The Kier molecular flexibility index (Phi) is 6.83. The van der Waals surface area contributed by atoms with Crippen molar-refractivity contribution in [1.29, 1.82) is 0 Å². The molecule has 1 fully saturated rings. The summed E-state index contributed by atoms with van der Waals surface area (Å²) in [5.74, 6) is -0.390. The van der Waals surface area contributed by atoms with Crippen LogP contribution in [0.1, 0.15) is 24.8 Å². The van der Waals surface area contributed by atoms with Gasteiger partial charge >= 0.3 is 0 Å². The molecule has 0 atom stereocenters. The van der Waals surface area contributed by atoms with Gasteiger partial charge in [0.05, 0.1) is 11.5 Å². The summed E-state index contributed by atoms with van der Waals surface area (Å²) >= 11 is 0. The Morgan fingerprint density at radius 3 is 2.55 bits per heavy atom. The van der Waals surface area contributed by atoms with Gasteiger partial charge in [0.2, 0.25) is 0 Å². The summed E-state index contributed by atoms with van der Waals surface area (Å²) in [5.41, 5.74) is 2.63. The molecule has 1 saturated heterocycles. The van der Waals surface area contributed by atoms with E-state index in [0.717, 1.165) is 18.4 Å². The van der Waals surface area contributed by atoms with Gasteiger partial charge < -0.3 is 9.47 Å². The van der Waals surface area contributed by atoms with Gasteiger partial charge in [-0.25, -0.2) is 13.9 Å². The fourth-order valence-electron chi connectivity index (χ4n) is 3.37. The van der Waals surface area contributed by atoms with Crippen molar-refractivity contribution in [2.24, 2.45) is 0 Å². The molecule has 1 aliphatic heterocycles. The van der Waals surface area contributed by atoms with Crippen LogP contribution < -0.4 is 10.2 Å². The van der Waals surface area contributed by atoms with Gasteiger partial charge in [0, 0.05) is 25.6 Å². The highest BCUT2D eigenvalue weighted by Crippen LogP contribution is 2.35. The summed E-state index contributed by atoms with van der Waals surface area (Å²) in [6, 6.07) is 9.88. The lowest BCUT2D eigenvalue weighted by Gasteiger charge is -2.34. The van der Waals surface area contributed by atoms with E-state index in [9.17, 15) is 13.2 Å². The minimum atomic E-state index is -4.03. The van der Waals surface area contributed by atoms with Crippen molar-refractivity contribution in [3.05, 3.63) is 54.4 Å². The van der Waals surface area contributed by atoms with Crippen molar-refractivity contribution in [3.8, 4) is 5.75 Å². The van der Waals surface area contributed by atoms with Gasteiger partial charge in [-0.3, -0.25) is 15.0 Å². The first-order valence-corrected chi connectivity index (χ1v) is 10.9. The number of benzene rings is 1. The number of hydroxylamine groups is 1. The maximum absolute atomic E-state index is 13.2. The van der Waals surface area contributed by atoms with Crippen LogP contribution in [0.15, 0.2) is 53.7 Å². The van der Waals surface area contributed by atoms with Gasteiger partial charge in [-0.05, 0) is 61.6 Å². The number of ether oxygens (including phenoxy) is 2. The van der Waals surface area contributed by atoms with Gasteiger partial charge in [-0.15, -0.1) is 0 Å². The van der Waals surface area contributed by atoms with Crippen molar-refractivity contribution < 1.29 is 27.9 Å². The van der Waals surface area contributed by atoms with Crippen molar-refractivity contribution >= 4 is 15.7 Å². The highest BCUT2D eigenvalue weighted by molar-refractivity contribution is 7.93. The van der Waals surface area contributed by atoms with Gasteiger partial charge in [0.25, 0.3) is 5.91 Å². The zero-order valence-corrected chi connectivity index (χ0v) is 16.7. The number of aromatic nitrogens is 1. The summed E-state index contributed by atoms with van der Waals surface area (Å²) < 4.78 is 35.5. The van der Waals surface area contributed by atoms with Crippen LogP contribution >= 0.6 is 0 Å². The van der Waals surface area contributed by atoms with E-state index in [-0.39, 0.29) is 31.0 Å². The molecule has 1 aromatic heterocycles. The molecule has 8 nitrogen and oxygen atoms in total. The average Bonchev–Trinajstić information content (AvgIpc) is 2.77. The van der Waals surface area contributed by atoms with Crippen LogP contribution in [0.2, 0.25) is 0 Å². The minimum absolute atomic E-state index is 0.00529. The molecule has 2 heterocycles. The van der Waals surface area contributed by atoms with Crippen LogP contribution in [0.5, 0.6) is 5.75 Å². The number of hydrogen-bond acceptors (Lipinski definition) is 7. The normalized spacial score (nSPS) is 16.2. The number of nitrogens with one attached hydrogen (secondary N) is 1. The zero-order chi connectivity index (χ0) is 20.7. The van der Waals surface area contributed by atoms with Crippen LogP contribution in [0.4, 0.5) is 0 Å². The molecule has 2 aromatic rings. The molecule has 29 heavy (non-hydrogen) atoms. The lowest BCUT2D eigenvalue weighted by molar-refractivity contribution is -0.134. The van der Waals surface area contributed by atoms with E-state index in [0.29, 0.717) is 12.4 Å². The number of pyridine rings is 1. The van der Waals surface area contributed by atoms with E-state index in [1.165, 1.54) is 17.6 Å². The largest absolute Gasteiger partial charge is 0.494 e. The van der Waals surface area contributed by atoms with Crippen LogP contribution in [-0.2, 0) is 25.8 Å². The van der Waals surface area contributed by atoms with Crippen molar-refractivity contribution in [2.45, 2.75) is 35.3 Å². The summed E-state index contributed by atoms with van der Waals surface area (Å²) in [7, 11) is -4.03. The average molecular weight is 420 g/mol. The molecule has 0 radical (unpaired) electrons. The molecule has 1 aliphatic rings. The van der Waals surface area contributed by atoms with Gasteiger partial charge in [0.1, 0.15) is 5.75 Å². The summed E-state index contributed by atoms with van der Waals surface area (Å²) in [5, 5.41) is 9.08. The van der Waals surface area contributed by atoms with Crippen LogP contribution in [0.25, 0.3) is 0 Å². The molecule has 1 aromatic carbocycles. The molecule has 9 heteroatoms. The fraction of sp³-hybridized carbons (Fsp3) is 0.400. The predicted molar refractivity (Wildman–Crippen MR) is 104 cm³/mol. The Bertz CT molecular complexity index is 910. The third-order valence-corrected chi connectivity index (χ3v) is 7.58. The number of rotatable bonds is 8. The monoisotopic (exact) mass is 420 g/mol. The summed E-state index contributed by atoms with van der Waals surface area (Å²) in [6.45, 7) is 0.741. The molecule has 0 bridgehead atoms. The first-order chi connectivity index (χ1) is 14.0. The lowest BCUT2D eigenvalue weighted by Crippen LogP contribution is -2.54. The van der Waals surface area contributed by atoms with Crippen molar-refractivity contribution in [3.63, 3.8) is 0 Å². The number of carbonyl (C=O) groups excluding carboxylic acids is 1. The summed E-state index contributed by atoms with van der Waals surface area (Å²) in [6.07, 6.45) is 5.13. The van der Waals surface area contributed by atoms with Crippen molar-refractivity contribution in [1.82, 2.24) is 10.5 Å². The van der Waals surface area contributed by atoms with E-state index >= 15 is 0 Å². The molecule has 1 amide bonds. The third-order valence-electron chi connectivity index (χ3n) is 5.07. The Morgan fingerprint density at radius 1 is 1.21 bits per heavy atom. The van der Waals surface area contributed by atoms with Crippen LogP contribution in [0.3, 0.4) is 0 Å². The number of hydrogen-bond donors (Lipinski definition) is 2. The second-order valence-corrected chi connectivity index (χ2v) is 9.10. The highest BCUT2D eigenvalue weighted by Gasteiger charge is 2.52. The van der Waals surface area contributed by atoms with E-state index in [1.807, 2.05) is 18.3 Å². The Morgan fingerprint density at radius 2 is 1.93 bits per heavy atom. The predicted octanol–water partition coefficient (Wildman–Crippen LogP) is 1.92. The minimum Gasteiger partial charge on any atom is -0.494 e. The van der Waals surface area contributed by atoms with E-state index in [2.05, 4.69) is 4.98 Å².